The summed E-state index contributed by atoms with van der Waals surface area (Å²) in [5.41, 5.74) is 1.65. The summed E-state index contributed by atoms with van der Waals surface area (Å²) in [6.07, 6.45) is 5.96. The molecule has 4 nitrogen and oxygen atoms in total. The first-order chi connectivity index (χ1) is 9.51. The van der Waals surface area contributed by atoms with E-state index in [0.717, 1.165) is 24.5 Å². The van der Waals surface area contributed by atoms with Gasteiger partial charge in [0.1, 0.15) is 5.69 Å². The number of nitrogens with one attached hydrogen (secondary N) is 1. The van der Waals surface area contributed by atoms with Crippen molar-refractivity contribution in [3.05, 3.63) is 17.5 Å². The normalized spacial score (nSPS) is 23.1. The molecule has 112 valence electrons. The van der Waals surface area contributed by atoms with Crippen molar-refractivity contribution in [2.24, 2.45) is 13.0 Å². The molecule has 0 saturated heterocycles. The van der Waals surface area contributed by atoms with Gasteiger partial charge in [0.2, 0.25) is 0 Å². The summed E-state index contributed by atoms with van der Waals surface area (Å²) in [6.45, 7) is 6.44. The van der Waals surface area contributed by atoms with Crippen molar-refractivity contribution >= 4 is 5.91 Å². The lowest BCUT2D eigenvalue weighted by atomic mass is 9.84. The number of hydrogen-bond donors (Lipinski definition) is 1. The molecule has 1 amide bonds. The molecule has 1 aromatic rings. The van der Waals surface area contributed by atoms with E-state index >= 15 is 0 Å². The number of hydrogen-bond acceptors (Lipinski definition) is 2. The molecule has 2 rings (SSSR count). The van der Waals surface area contributed by atoms with Gasteiger partial charge in [0.15, 0.2) is 0 Å². The molecule has 0 aliphatic heterocycles. The highest BCUT2D eigenvalue weighted by molar-refractivity contribution is 5.92. The van der Waals surface area contributed by atoms with E-state index in [0.29, 0.717) is 17.7 Å². The Morgan fingerprint density at radius 1 is 1.40 bits per heavy atom. The van der Waals surface area contributed by atoms with Gasteiger partial charge in [-0.15, -0.1) is 0 Å². The van der Waals surface area contributed by atoms with Crippen LogP contribution in [0.4, 0.5) is 0 Å². The maximum absolute atomic E-state index is 12.3. The molecule has 1 fully saturated rings. The molecular weight excluding hydrogens is 250 g/mol. The summed E-state index contributed by atoms with van der Waals surface area (Å²) in [5.74, 6) is 1.22. The Kier molecular flexibility index (Phi) is 4.84. The molecule has 1 N–H and O–H groups in total. The van der Waals surface area contributed by atoms with Crippen LogP contribution in [0.3, 0.4) is 0 Å². The smallest absolute Gasteiger partial charge is 0.269 e. The zero-order valence-corrected chi connectivity index (χ0v) is 13.1. The van der Waals surface area contributed by atoms with E-state index in [4.69, 9.17) is 0 Å². The number of amides is 1. The average Bonchev–Trinajstić information content (AvgIpc) is 2.82. The van der Waals surface area contributed by atoms with Gasteiger partial charge in [-0.2, -0.15) is 5.10 Å². The zero-order chi connectivity index (χ0) is 14.7. The highest BCUT2D eigenvalue weighted by Gasteiger charge is 2.23. The van der Waals surface area contributed by atoms with Crippen molar-refractivity contribution in [3.8, 4) is 0 Å². The van der Waals surface area contributed by atoms with Crippen molar-refractivity contribution in [2.45, 2.75) is 64.8 Å². The quantitative estimate of drug-likeness (QED) is 0.918. The van der Waals surface area contributed by atoms with Gasteiger partial charge in [0.25, 0.3) is 5.91 Å². The molecule has 1 saturated carbocycles. The first-order valence-electron chi connectivity index (χ1n) is 7.86. The van der Waals surface area contributed by atoms with Gasteiger partial charge in [-0.05, 0) is 43.6 Å². The first-order valence-corrected chi connectivity index (χ1v) is 7.86. The number of aryl methyl sites for hydroxylation is 1. The van der Waals surface area contributed by atoms with Gasteiger partial charge in [-0.3, -0.25) is 9.48 Å². The Hall–Kier alpha value is -1.32. The molecular formula is C16H27N3O. The summed E-state index contributed by atoms with van der Waals surface area (Å²) in [7, 11) is 1.84. The molecule has 0 bridgehead atoms. The van der Waals surface area contributed by atoms with Crippen molar-refractivity contribution in [1.82, 2.24) is 15.1 Å². The lowest BCUT2D eigenvalue weighted by Crippen LogP contribution is -2.38. The standard InChI is InChI=1S/C16H27N3O/c1-5-12-6-8-13(9-7-12)17-16(20)15-10-14(11(2)3)18-19(15)4/h10-13H,5-9H2,1-4H3,(H,17,20). The Balaban J connectivity index is 1.95. The van der Waals surface area contributed by atoms with E-state index in [1.807, 2.05) is 13.1 Å². The predicted octanol–water partition coefficient (Wildman–Crippen LogP) is 3.24. The number of carbonyl (C=O) groups excluding carboxylic acids is 1. The van der Waals surface area contributed by atoms with E-state index < -0.39 is 0 Å². The third-order valence-corrected chi connectivity index (χ3v) is 4.48. The van der Waals surface area contributed by atoms with E-state index in [2.05, 4.69) is 31.2 Å². The van der Waals surface area contributed by atoms with Gasteiger partial charge in [0.05, 0.1) is 5.69 Å². The van der Waals surface area contributed by atoms with Crippen LogP contribution in [0.5, 0.6) is 0 Å². The lowest BCUT2D eigenvalue weighted by molar-refractivity contribution is 0.0912. The van der Waals surface area contributed by atoms with Crippen molar-refractivity contribution in [2.75, 3.05) is 0 Å². The number of aromatic nitrogens is 2. The second-order valence-electron chi connectivity index (χ2n) is 6.33. The molecule has 0 radical (unpaired) electrons. The third kappa shape index (κ3) is 3.41. The predicted molar refractivity (Wildman–Crippen MR) is 80.8 cm³/mol. The fourth-order valence-corrected chi connectivity index (χ4v) is 2.96. The maximum atomic E-state index is 12.3. The molecule has 0 aromatic carbocycles. The summed E-state index contributed by atoms with van der Waals surface area (Å²) < 4.78 is 1.70. The minimum absolute atomic E-state index is 0.0202. The van der Waals surface area contributed by atoms with Crippen LogP contribution in [-0.2, 0) is 7.05 Å². The molecule has 0 spiro atoms. The van der Waals surface area contributed by atoms with Crippen LogP contribution in [0.25, 0.3) is 0 Å². The van der Waals surface area contributed by atoms with Gasteiger partial charge in [0, 0.05) is 13.1 Å². The second-order valence-corrected chi connectivity index (χ2v) is 6.33. The zero-order valence-electron chi connectivity index (χ0n) is 13.1. The Bertz CT molecular complexity index is 456. The van der Waals surface area contributed by atoms with E-state index in [9.17, 15) is 4.79 Å². The number of nitrogens with zero attached hydrogens (tertiary/aromatic N) is 2. The van der Waals surface area contributed by atoms with E-state index in [1.54, 1.807) is 4.68 Å². The van der Waals surface area contributed by atoms with Crippen LogP contribution in [-0.4, -0.2) is 21.7 Å². The van der Waals surface area contributed by atoms with Gasteiger partial charge in [-0.1, -0.05) is 27.2 Å². The molecule has 4 heteroatoms. The van der Waals surface area contributed by atoms with Crippen LogP contribution < -0.4 is 5.32 Å². The molecule has 0 atom stereocenters. The molecule has 1 aromatic heterocycles. The largest absolute Gasteiger partial charge is 0.348 e. The molecule has 1 aliphatic rings. The monoisotopic (exact) mass is 277 g/mol. The Morgan fingerprint density at radius 3 is 2.55 bits per heavy atom. The van der Waals surface area contributed by atoms with Crippen LogP contribution in [0.2, 0.25) is 0 Å². The van der Waals surface area contributed by atoms with Crippen molar-refractivity contribution < 1.29 is 4.79 Å². The molecule has 20 heavy (non-hydrogen) atoms. The summed E-state index contributed by atoms with van der Waals surface area (Å²) in [4.78, 5) is 12.3. The minimum Gasteiger partial charge on any atom is -0.348 e. The second kappa shape index (κ2) is 6.42. The summed E-state index contributed by atoms with van der Waals surface area (Å²) >= 11 is 0. The number of carbonyl (C=O) groups is 1. The maximum Gasteiger partial charge on any atom is 0.269 e. The van der Waals surface area contributed by atoms with Gasteiger partial charge >= 0.3 is 0 Å². The van der Waals surface area contributed by atoms with Crippen LogP contribution in [0.1, 0.15) is 75.0 Å². The lowest BCUT2D eigenvalue weighted by Gasteiger charge is -2.28. The topological polar surface area (TPSA) is 46.9 Å². The van der Waals surface area contributed by atoms with E-state index in [-0.39, 0.29) is 5.91 Å². The highest BCUT2D eigenvalue weighted by atomic mass is 16.2. The van der Waals surface area contributed by atoms with Crippen molar-refractivity contribution in [1.29, 1.82) is 0 Å². The fraction of sp³-hybridized carbons (Fsp3) is 0.750. The molecule has 1 heterocycles. The average molecular weight is 277 g/mol. The highest BCUT2D eigenvalue weighted by Crippen LogP contribution is 2.26. The van der Waals surface area contributed by atoms with E-state index in [1.165, 1.54) is 19.3 Å². The summed E-state index contributed by atoms with van der Waals surface area (Å²) in [6, 6.07) is 2.25. The number of rotatable bonds is 4. The Labute approximate surface area is 121 Å². The Morgan fingerprint density at radius 2 is 2.05 bits per heavy atom. The van der Waals surface area contributed by atoms with Crippen molar-refractivity contribution in [3.63, 3.8) is 0 Å². The third-order valence-electron chi connectivity index (χ3n) is 4.48. The molecule has 0 unspecified atom stereocenters. The fourth-order valence-electron chi connectivity index (χ4n) is 2.96. The van der Waals surface area contributed by atoms with Gasteiger partial charge < -0.3 is 5.32 Å². The van der Waals surface area contributed by atoms with Crippen LogP contribution in [0.15, 0.2) is 6.07 Å². The van der Waals surface area contributed by atoms with Crippen LogP contribution in [0, 0.1) is 5.92 Å². The first kappa shape index (κ1) is 15.1. The SMILES string of the molecule is CCC1CCC(NC(=O)c2cc(C(C)C)nn2C)CC1. The van der Waals surface area contributed by atoms with Gasteiger partial charge in [-0.25, -0.2) is 0 Å². The van der Waals surface area contributed by atoms with Crippen LogP contribution >= 0.6 is 0 Å². The minimum atomic E-state index is 0.0202. The molecule has 1 aliphatic carbocycles. The summed E-state index contributed by atoms with van der Waals surface area (Å²) in [5, 5.41) is 7.58.